The Morgan fingerprint density at radius 1 is 0.880 bits per heavy atom. The van der Waals surface area contributed by atoms with Crippen molar-refractivity contribution in [2.45, 2.75) is 13.0 Å². The van der Waals surface area contributed by atoms with Gasteiger partial charge in [-0.1, -0.05) is 72.8 Å². The van der Waals surface area contributed by atoms with E-state index in [9.17, 15) is 14.4 Å². The van der Waals surface area contributed by atoms with E-state index in [0.717, 1.165) is 20.9 Å². The minimum atomic E-state index is -0.787. The lowest BCUT2D eigenvalue weighted by molar-refractivity contribution is -0.143. The number of urea groups is 1. The van der Waals surface area contributed by atoms with E-state index in [1.165, 1.54) is 0 Å². The van der Waals surface area contributed by atoms with E-state index < -0.39 is 23.9 Å². The SMILES string of the molecule is CC(c1ccccc1)N1C(=O)C(=O)N(CC=Cc2ccccc2)C1=O. The zero-order valence-corrected chi connectivity index (χ0v) is 13.8. The summed E-state index contributed by atoms with van der Waals surface area (Å²) in [5.74, 6) is -1.57. The highest BCUT2D eigenvalue weighted by molar-refractivity contribution is 6.44. The van der Waals surface area contributed by atoms with Gasteiger partial charge >= 0.3 is 17.8 Å². The van der Waals surface area contributed by atoms with Gasteiger partial charge in [0, 0.05) is 6.54 Å². The van der Waals surface area contributed by atoms with Gasteiger partial charge in [0.25, 0.3) is 0 Å². The van der Waals surface area contributed by atoms with E-state index >= 15 is 0 Å². The molecule has 0 aromatic heterocycles. The van der Waals surface area contributed by atoms with Gasteiger partial charge in [-0.15, -0.1) is 0 Å². The van der Waals surface area contributed by atoms with Gasteiger partial charge in [0.1, 0.15) is 0 Å². The quantitative estimate of drug-likeness (QED) is 0.623. The first kappa shape index (κ1) is 16.6. The number of nitrogens with zero attached hydrogens (tertiary/aromatic N) is 2. The number of carbonyl (C=O) groups is 3. The first-order chi connectivity index (χ1) is 12.1. The zero-order chi connectivity index (χ0) is 17.8. The molecule has 1 unspecified atom stereocenters. The Morgan fingerprint density at radius 3 is 2.12 bits per heavy atom. The summed E-state index contributed by atoms with van der Waals surface area (Å²) in [6.45, 7) is 1.80. The monoisotopic (exact) mass is 334 g/mol. The fourth-order valence-electron chi connectivity index (χ4n) is 2.76. The molecule has 0 saturated carbocycles. The molecule has 2 aromatic rings. The number of imide groups is 2. The summed E-state index contributed by atoms with van der Waals surface area (Å²) in [6.07, 6.45) is 3.52. The molecule has 5 nitrogen and oxygen atoms in total. The molecule has 1 atom stereocenters. The van der Waals surface area contributed by atoms with Crippen LogP contribution in [0, 0.1) is 0 Å². The fraction of sp³-hybridized carbons (Fsp3) is 0.150. The number of amides is 4. The molecule has 0 N–H and O–H groups in total. The third-order valence-corrected chi connectivity index (χ3v) is 4.15. The predicted octanol–water partition coefficient (Wildman–Crippen LogP) is 3.25. The van der Waals surface area contributed by atoms with Crippen molar-refractivity contribution in [3.8, 4) is 0 Å². The van der Waals surface area contributed by atoms with Crippen LogP contribution in [0.1, 0.15) is 24.1 Å². The number of hydrogen-bond acceptors (Lipinski definition) is 3. The lowest BCUT2D eigenvalue weighted by Gasteiger charge is -2.22. The Hall–Kier alpha value is -3.21. The molecule has 1 aliphatic rings. The standard InChI is InChI=1S/C20H18N2O3/c1-15(17-12-6-3-7-13-17)22-19(24)18(23)21(20(22)25)14-8-11-16-9-4-2-5-10-16/h2-13,15H,14H2,1H3. The summed E-state index contributed by atoms with van der Waals surface area (Å²) in [4.78, 5) is 39.0. The van der Waals surface area contributed by atoms with Crippen LogP contribution in [0.4, 0.5) is 4.79 Å². The van der Waals surface area contributed by atoms with Gasteiger partial charge in [0.2, 0.25) is 0 Å². The smallest absolute Gasteiger partial charge is 0.263 e. The van der Waals surface area contributed by atoms with Crippen molar-refractivity contribution in [3.05, 3.63) is 77.9 Å². The Morgan fingerprint density at radius 2 is 1.48 bits per heavy atom. The molecule has 1 aliphatic heterocycles. The summed E-state index contributed by atoms with van der Waals surface area (Å²) in [7, 11) is 0. The largest absolute Gasteiger partial charge is 0.335 e. The van der Waals surface area contributed by atoms with Crippen molar-refractivity contribution in [2.24, 2.45) is 0 Å². The van der Waals surface area contributed by atoms with Crippen LogP contribution >= 0.6 is 0 Å². The highest BCUT2D eigenvalue weighted by atomic mass is 16.2. The van der Waals surface area contributed by atoms with Gasteiger partial charge < -0.3 is 0 Å². The summed E-state index contributed by atoms with van der Waals surface area (Å²) < 4.78 is 0. The van der Waals surface area contributed by atoms with E-state index in [0.29, 0.717) is 0 Å². The van der Waals surface area contributed by atoms with Gasteiger partial charge in [-0.3, -0.25) is 14.5 Å². The predicted molar refractivity (Wildman–Crippen MR) is 94.3 cm³/mol. The van der Waals surface area contributed by atoms with Crippen molar-refractivity contribution in [3.63, 3.8) is 0 Å². The van der Waals surface area contributed by atoms with E-state index in [1.807, 2.05) is 66.7 Å². The lowest BCUT2D eigenvalue weighted by atomic mass is 10.1. The first-order valence-corrected chi connectivity index (χ1v) is 8.05. The van der Waals surface area contributed by atoms with Crippen LogP contribution in [0.2, 0.25) is 0 Å². The van der Waals surface area contributed by atoms with Gasteiger partial charge in [0.15, 0.2) is 0 Å². The van der Waals surface area contributed by atoms with Gasteiger partial charge in [-0.2, -0.15) is 0 Å². The van der Waals surface area contributed by atoms with Gasteiger partial charge in [0.05, 0.1) is 6.04 Å². The molecule has 4 amide bonds. The first-order valence-electron chi connectivity index (χ1n) is 8.05. The molecular formula is C20H18N2O3. The molecule has 0 spiro atoms. The Balaban J connectivity index is 1.74. The Labute approximate surface area is 146 Å². The fourth-order valence-corrected chi connectivity index (χ4v) is 2.76. The second kappa shape index (κ2) is 7.13. The van der Waals surface area contributed by atoms with Crippen LogP contribution < -0.4 is 0 Å². The third-order valence-electron chi connectivity index (χ3n) is 4.15. The van der Waals surface area contributed by atoms with Crippen molar-refractivity contribution in [2.75, 3.05) is 6.54 Å². The topological polar surface area (TPSA) is 57.7 Å². The molecule has 2 aromatic carbocycles. The van der Waals surface area contributed by atoms with E-state index in [-0.39, 0.29) is 6.54 Å². The molecular weight excluding hydrogens is 316 g/mol. The number of benzene rings is 2. The van der Waals surface area contributed by atoms with Gasteiger partial charge in [-0.05, 0) is 18.1 Å². The van der Waals surface area contributed by atoms with Crippen LogP contribution in [0.3, 0.4) is 0 Å². The molecule has 1 fully saturated rings. The summed E-state index contributed by atoms with van der Waals surface area (Å²) >= 11 is 0. The Kier molecular flexibility index (Phi) is 4.75. The van der Waals surface area contributed by atoms with Crippen LogP contribution in [0.5, 0.6) is 0 Å². The zero-order valence-electron chi connectivity index (χ0n) is 13.8. The summed E-state index contributed by atoms with van der Waals surface area (Å²) in [5.41, 5.74) is 1.76. The maximum atomic E-state index is 12.6. The van der Waals surface area contributed by atoms with Crippen LogP contribution in [-0.2, 0) is 9.59 Å². The molecule has 3 rings (SSSR count). The maximum absolute atomic E-state index is 12.6. The molecule has 0 aliphatic carbocycles. The highest BCUT2D eigenvalue weighted by Gasteiger charge is 2.46. The Bertz CT molecular complexity index is 815. The van der Waals surface area contributed by atoms with E-state index in [4.69, 9.17) is 0 Å². The molecule has 25 heavy (non-hydrogen) atoms. The molecule has 1 heterocycles. The average molecular weight is 334 g/mol. The minimum absolute atomic E-state index is 0.0658. The average Bonchev–Trinajstić information content (AvgIpc) is 2.86. The second-order valence-electron chi connectivity index (χ2n) is 5.77. The van der Waals surface area contributed by atoms with Crippen molar-refractivity contribution in [1.82, 2.24) is 9.80 Å². The number of hydrogen-bond donors (Lipinski definition) is 0. The third kappa shape index (κ3) is 3.35. The summed E-state index contributed by atoms with van der Waals surface area (Å²) in [5, 5.41) is 0. The van der Waals surface area contributed by atoms with Crippen molar-refractivity contribution >= 4 is 23.9 Å². The molecule has 126 valence electrons. The maximum Gasteiger partial charge on any atom is 0.335 e. The highest BCUT2D eigenvalue weighted by Crippen LogP contribution is 2.26. The van der Waals surface area contributed by atoms with Crippen molar-refractivity contribution in [1.29, 1.82) is 0 Å². The van der Waals surface area contributed by atoms with E-state index in [2.05, 4.69) is 0 Å². The molecule has 0 bridgehead atoms. The van der Waals surface area contributed by atoms with Gasteiger partial charge in [-0.25, -0.2) is 9.69 Å². The summed E-state index contributed by atoms with van der Waals surface area (Å²) in [6, 6.07) is 17.6. The lowest BCUT2D eigenvalue weighted by Crippen LogP contribution is -2.35. The molecule has 1 saturated heterocycles. The number of carbonyl (C=O) groups excluding carboxylic acids is 3. The van der Waals surface area contributed by atoms with E-state index in [1.54, 1.807) is 13.0 Å². The normalized spacial score (nSPS) is 16.1. The minimum Gasteiger partial charge on any atom is -0.263 e. The number of rotatable bonds is 5. The molecule has 5 heteroatoms. The van der Waals surface area contributed by atoms with Crippen LogP contribution in [-0.4, -0.2) is 34.2 Å². The molecule has 0 radical (unpaired) electrons. The van der Waals surface area contributed by atoms with Crippen molar-refractivity contribution < 1.29 is 14.4 Å². The van der Waals surface area contributed by atoms with Crippen LogP contribution in [0.25, 0.3) is 6.08 Å². The van der Waals surface area contributed by atoms with Crippen LogP contribution in [0.15, 0.2) is 66.7 Å². The second-order valence-corrected chi connectivity index (χ2v) is 5.77.